The second-order valence-corrected chi connectivity index (χ2v) is 13.8. The zero-order chi connectivity index (χ0) is 20.8. The smallest absolute Gasteiger partial charge is 0.200 e. The van der Waals surface area contributed by atoms with Crippen molar-refractivity contribution in [3.63, 3.8) is 0 Å². The zero-order valence-electron chi connectivity index (χ0n) is 18.8. The molecule has 0 radical (unpaired) electrons. The lowest BCUT2D eigenvalue weighted by molar-refractivity contribution is 0.146. The minimum atomic E-state index is -1.69. The quantitative estimate of drug-likeness (QED) is 0.295. The summed E-state index contributed by atoms with van der Waals surface area (Å²) in [7, 11) is -1.69. The van der Waals surface area contributed by atoms with Gasteiger partial charge in [-0.2, -0.15) is 0 Å². The highest BCUT2D eigenvalue weighted by atomic mass is 28.4. The lowest BCUT2D eigenvalue weighted by atomic mass is 10.2. The summed E-state index contributed by atoms with van der Waals surface area (Å²) in [4.78, 5) is 0. The fourth-order valence-electron chi connectivity index (χ4n) is 3.80. The van der Waals surface area contributed by atoms with Crippen LogP contribution in [-0.2, 0) is 4.43 Å². The second kappa shape index (κ2) is 16.1. The van der Waals surface area contributed by atoms with E-state index in [0.29, 0.717) is 16.6 Å². The molecule has 26 heavy (non-hydrogen) atoms. The molecule has 0 spiro atoms. The van der Waals surface area contributed by atoms with Crippen LogP contribution in [0.1, 0.15) is 93.9 Å². The number of aliphatic hydroxyl groups is 3. The van der Waals surface area contributed by atoms with Gasteiger partial charge >= 0.3 is 0 Å². The van der Waals surface area contributed by atoms with Crippen LogP contribution in [0.25, 0.3) is 0 Å². The van der Waals surface area contributed by atoms with E-state index in [9.17, 15) is 5.11 Å². The van der Waals surface area contributed by atoms with E-state index in [1.54, 1.807) is 0 Å². The van der Waals surface area contributed by atoms with E-state index in [2.05, 4.69) is 41.5 Å². The Morgan fingerprint density at radius 1 is 0.731 bits per heavy atom. The molecule has 0 aliphatic carbocycles. The van der Waals surface area contributed by atoms with E-state index in [4.69, 9.17) is 14.6 Å². The van der Waals surface area contributed by atoms with E-state index in [-0.39, 0.29) is 18.8 Å². The molecule has 0 aromatic carbocycles. The van der Waals surface area contributed by atoms with Crippen molar-refractivity contribution < 1.29 is 19.7 Å². The summed E-state index contributed by atoms with van der Waals surface area (Å²) < 4.78 is 6.44. The standard InChI is InChI=1S/C15H34O2Si.C6H14O2/c1-8-15(16)10-9-11-17-18(12(2)3,13(4)5)14(6)7;1-2-6(8)4-3-5-7/h12-16H,8-11H2,1-7H3;6-8H,2-5H2,1H3. The van der Waals surface area contributed by atoms with Crippen LogP contribution < -0.4 is 0 Å². The van der Waals surface area contributed by atoms with Gasteiger partial charge in [-0.25, -0.2) is 0 Å². The average molecular weight is 393 g/mol. The van der Waals surface area contributed by atoms with Gasteiger partial charge in [-0.3, -0.25) is 0 Å². The highest BCUT2D eigenvalue weighted by Gasteiger charge is 2.44. The first kappa shape index (κ1) is 28.3. The molecular weight excluding hydrogens is 344 g/mol. The molecule has 0 aliphatic heterocycles. The Balaban J connectivity index is 0. The highest BCUT2D eigenvalue weighted by Crippen LogP contribution is 2.42. The van der Waals surface area contributed by atoms with Gasteiger partial charge in [-0.05, 0) is 55.1 Å². The summed E-state index contributed by atoms with van der Waals surface area (Å²) in [5, 5.41) is 26.7. The van der Waals surface area contributed by atoms with Crippen molar-refractivity contribution >= 4 is 8.32 Å². The Morgan fingerprint density at radius 3 is 1.42 bits per heavy atom. The normalized spacial score (nSPS) is 14.5. The number of aliphatic hydroxyl groups excluding tert-OH is 3. The molecule has 2 unspecified atom stereocenters. The second-order valence-electron chi connectivity index (χ2n) is 8.30. The number of hydrogen-bond donors (Lipinski definition) is 3. The molecule has 4 nitrogen and oxygen atoms in total. The predicted molar refractivity (Wildman–Crippen MR) is 115 cm³/mol. The first-order valence-electron chi connectivity index (χ1n) is 10.7. The van der Waals surface area contributed by atoms with Crippen molar-refractivity contribution in [2.75, 3.05) is 13.2 Å². The van der Waals surface area contributed by atoms with Crippen molar-refractivity contribution in [2.45, 2.75) is 123 Å². The molecule has 0 saturated heterocycles. The maximum atomic E-state index is 9.57. The Hall–Kier alpha value is 0.0569. The molecule has 0 aliphatic rings. The van der Waals surface area contributed by atoms with Gasteiger partial charge in [0.05, 0.1) is 12.2 Å². The van der Waals surface area contributed by atoms with Crippen molar-refractivity contribution in [1.29, 1.82) is 0 Å². The SMILES string of the molecule is CCC(O)CCCO.CCC(O)CCCO[Si](C(C)C)(C(C)C)C(C)C. The summed E-state index contributed by atoms with van der Waals surface area (Å²) in [5.41, 5.74) is 1.94. The summed E-state index contributed by atoms with van der Waals surface area (Å²) in [5.74, 6) is 0. The van der Waals surface area contributed by atoms with Crippen LogP contribution in [0.2, 0.25) is 16.6 Å². The highest BCUT2D eigenvalue weighted by molar-refractivity contribution is 6.77. The monoisotopic (exact) mass is 392 g/mol. The zero-order valence-corrected chi connectivity index (χ0v) is 19.8. The van der Waals surface area contributed by atoms with E-state index in [1.807, 2.05) is 13.8 Å². The molecule has 2 atom stereocenters. The van der Waals surface area contributed by atoms with Crippen molar-refractivity contribution in [1.82, 2.24) is 0 Å². The van der Waals surface area contributed by atoms with E-state index in [1.165, 1.54) is 0 Å². The average Bonchev–Trinajstić information content (AvgIpc) is 2.58. The van der Waals surface area contributed by atoms with Gasteiger partial charge in [0.15, 0.2) is 8.32 Å². The first-order chi connectivity index (χ1) is 12.1. The van der Waals surface area contributed by atoms with Gasteiger partial charge in [0.1, 0.15) is 0 Å². The van der Waals surface area contributed by atoms with E-state index >= 15 is 0 Å². The molecule has 0 fully saturated rings. The van der Waals surface area contributed by atoms with Gasteiger partial charge < -0.3 is 19.7 Å². The third-order valence-corrected chi connectivity index (χ3v) is 11.5. The minimum absolute atomic E-state index is 0.151. The van der Waals surface area contributed by atoms with Crippen molar-refractivity contribution in [3.8, 4) is 0 Å². The molecule has 0 heterocycles. The molecule has 0 amide bonds. The van der Waals surface area contributed by atoms with Gasteiger partial charge in [0, 0.05) is 13.2 Å². The molecule has 160 valence electrons. The summed E-state index contributed by atoms with van der Waals surface area (Å²) in [6.07, 6.45) is 4.58. The van der Waals surface area contributed by atoms with Gasteiger partial charge in [-0.15, -0.1) is 0 Å². The van der Waals surface area contributed by atoms with E-state index in [0.717, 1.165) is 45.1 Å². The molecule has 0 aromatic heterocycles. The van der Waals surface area contributed by atoms with Crippen LogP contribution in [0, 0.1) is 0 Å². The molecule has 0 bridgehead atoms. The van der Waals surface area contributed by atoms with Crippen LogP contribution in [0.3, 0.4) is 0 Å². The van der Waals surface area contributed by atoms with Crippen LogP contribution in [0.4, 0.5) is 0 Å². The molecule has 0 rings (SSSR count). The maximum absolute atomic E-state index is 9.57. The van der Waals surface area contributed by atoms with Gasteiger partial charge in [0.25, 0.3) is 0 Å². The predicted octanol–water partition coefficient (Wildman–Crippen LogP) is 5.26. The van der Waals surface area contributed by atoms with Crippen LogP contribution >= 0.6 is 0 Å². The van der Waals surface area contributed by atoms with Crippen molar-refractivity contribution in [3.05, 3.63) is 0 Å². The topological polar surface area (TPSA) is 69.9 Å². The van der Waals surface area contributed by atoms with Gasteiger partial charge in [-0.1, -0.05) is 55.4 Å². The summed E-state index contributed by atoms with van der Waals surface area (Å²) in [6, 6.07) is 0. The molecular formula is C21H48O4Si. The Labute approximate surface area is 164 Å². The minimum Gasteiger partial charge on any atom is -0.416 e. The van der Waals surface area contributed by atoms with Crippen LogP contribution in [0.5, 0.6) is 0 Å². The fourth-order valence-corrected chi connectivity index (χ4v) is 9.30. The summed E-state index contributed by atoms with van der Waals surface area (Å²) in [6.45, 7) is 18.8. The van der Waals surface area contributed by atoms with Gasteiger partial charge in [0.2, 0.25) is 0 Å². The molecule has 5 heteroatoms. The van der Waals surface area contributed by atoms with Crippen LogP contribution in [0.15, 0.2) is 0 Å². The van der Waals surface area contributed by atoms with E-state index < -0.39 is 8.32 Å². The van der Waals surface area contributed by atoms with Crippen LogP contribution in [-0.4, -0.2) is 49.1 Å². The largest absolute Gasteiger partial charge is 0.416 e. The molecule has 0 saturated carbocycles. The lowest BCUT2D eigenvalue weighted by Gasteiger charge is -2.42. The fraction of sp³-hybridized carbons (Fsp3) is 1.00. The Kier molecular flexibility index (Phi) is 17.5. The maximum Gasteiger partial charge on any atom is 0.200 e. The molecule has 3 N–H and O–H groups in total. The Bertz CT molecular complexity index is 287. The Morgan fingerprint density at radius 2 is 1.12 bits per heavy atom. The van der Waals surface area contributed by atoms with Crippen molar-refractivity contribution in [2.24, 2.45) is 0 Å². The first-order valence-corrected chi connectivity index (χ1v) is 12.8. The third kappa shape index (κ3) is 11.0. The number of hydrogen-bond acceptors (Lipinski definition) is 4. The number of rotatable bonds is 13. The lowest BCUT2D eigenvalue weighted by Crippen LogP contribution is -2.48. The summed E-state index contributed by atoms with van der Waals surface area (Å²) >= 11 is 0. The molecule has 0 aromatic rings. The third-order valence-electron chi connectivity index (χ3n) is 5.38.